The number of hydrogen-bond acceptors (Lipinski definition) is 7. The monoisotopic (exact) mass is 538 g/mol. The highest BCUT2D eigenvalue weighted by atomic mass is 79.9. The van der Waals surface area contributed by atoms with E-state index in [0.717, 1.165) is 15.6 Å². The van der Waals surface area contributed by atoms with Gasteiger partial charge in [0, 0.05) is 30.9 Å². The molecule has 0 aliphatic carbocycles. The minimum absolute atomic E-state index is 0.0818. The molecule has 2 aromatic carbocycles. The predicted octanol–water partition coefficient (Wildman–Crippen LogP) is 3.51. The predicted molar refractivity (Wildman–Crippen MR) is 130 cm³/mol. The first-order chi connectivity index (χ1) is 16.9. The van der Waals surface area contributed by atoms with Crippen molar-refractivity contribution in [3.63, 3.8) is 0 Å². The van der Waals surface area contributed by atoms with Crippen molar-refractivity contribution in [1.29, 1.82) is 0 Å². The molecule has 10 heteroatoms. The van der Waals surface area contributed by atoms with Crippen LogP contribution < -0.4 is 10.6 Å². The van der Waals surface area contributed by atoms with Crippen molar-refractivity contribution in [3.8, 4) is 11.4 Å². The standard InChI is InChI=1S/C25H23BrN4O5/c26-18-11-28-23(29-12-18)17-8-6-16(7-9-17)20(10-21(31)22-19(13-27-22)24(32)33)30-25(34)35-14-15-4-2-1-3-5-15/h1-9,11-12,19-20,22,27H,10,13-14H2,(H,30,34)(H,32,33). The first-order valence-electron chi connectivity index (χ1n) is 10.9. The molecule has 9 nitrogen and oxygen atoms in total. The molecule has 0 bridgehead atoms. The Bertz CT molecular complexity index is 1190. The number of halogens is 1. The van der Waals surface area contributed by atoms with Crippen LogP contribution in [0.3, 0.4) is 0 Å². The third-order valence-corrected chi connectivity index (χ3v) is 6.14. The van der Waals surface area contributed by atoms with Gasteiger partial charge in [-0.1, -0.05) is 54.6 Å². The molecule has 3 aromatic rings. The summed E-state index contributed by atoms with van der Waals surface area (Å²) in [6.07, 6.45) is 2.53. The minimum Gasteiger partial charge on any atom is -0.481 e. The van der Waals surface area contributed by atoms with Crippen molar-refractivity contribution in [2.45, 2.75) is 25.1 Å². The van der Waals surface area contributed by atoms with Crippen molar-refractivity contribution in [3.05, 3.63) is 82.6 Å². The fraction of sp³-hybridized carbons (Fsp3) is 0.240. The highest BCUT2D eigenvalue weighted by Crippen LogP contribution is 2.25. The van der Waals surface area contributed by atoms with Crippen molar-refractivity contribution >= 4 is 33.8 Å². The van der Waals surface area contributed by atoms with Gasteiger partial charge >= 0.3 is 12.1 Å². The van der Waals surface area contributed by atoms with Crippen molar-refractivity contribution in [2.24, 2.45) is 5.92 Å². The SMILES string of the molecule is O=C(NC(CC(=O)C1NCC1C(=O)O)c1ccc(-c2ncc(Br)cn2)cc1)OCc1ccccc1. The van der Waals surface area contributed by atoms with Crippen LogP contribution in [0.2, 0.25) is 0 Å². The van der Waals surface area contributed by atoms with Crippen LogP contribution in [-0.2, 0) is 20.9 Å². The highest BCUT2D eigenvalue weighted by molar-refractivity contribution is 9.10. The second kappa shape index (κ2) is 11.2. The number of carbonyl (C=O) groups is 3. The van der Waals surface area contributed by atoms with Gasteiger partial charge in [0.25, 0.3) is 0 Å². The zero-order chi connectivity index (χ0) is 24.8. The number of amides is 1. The lowest BCUT2D eigenvalue weighted by molar-refractivity contribution is -0.148. The van der Waals surface area contributed by atoms with E-state index in [2.05, 4.69) is 36.5 Å². The molecule has 2 heterocycles. The number of benzene rings is 2. The fourth-order valence-corrected chi connectivity index (χ4v) is 3.94. The number of carboxylic acids is 1. The van der Waals surface area contributed by atoms with Gasteiger partial charge in [0.2, 0.25) is 0 Å². The molecule has 0 saturated carbocycles. The summed E-state index contributed by atoms with van der Waals surface area (Å²) in [5.74, 6) is -1.55. The third kappa shape index (κ3) is 6.28. The van der Waals surface area contributed by atoms with Crippen LogP contribution in [0.1, 0.15) is 23.6 Å². The lowest BCUT2D eigenvalue weighted by atomic mass is 9.85. The number of ether oxygens (including phenoxy) is 1. The van der Waals surface area contributed by atoms with Gasteiger partial charge in [0.1, 0.15) is 6.61 Å². The third-order valence-electron chi connectivity index (χ3n) is 5.73. The van der Waals surface area contributed by atoms with Crippen molar-refractivity contribution in [2.75, 3.05) is 6.54 Å². The molecule has 0 radical (unpaired) electrons. The molecule has 4 rings (SSSR count). The molecule has 3 N–H and O–H groups in total. The molecule has 1 fully saturated rings. The molecule has 3 unspecified atom stereocenters. The number of nitrogens with one attached hydrogen (secondary N) is 2. The van der Waals surface area contributed by atoms with E-state index >= 15 is 0 Å². The summed E-state index contributed by atoms with van der Waals surface area (Å²) in [7, 11) is 0. The summed E-state index contributed by atoms with van der Waals surface area (Å²) in [6.45, 7) is 0.323. The van der Waals surface area contributed by atoms with E-state index in [1.807, 2.05) is 30.3 Å². The van der Waals surface area contributed by atoms with Gasteiger partial charge in [0.15, 0.2) is 11.6 Å². The Labute approximate surface area is 210 Å². The topological polar surface area (TPSA) is 131 Å². The second-order valence-corrected chi connectivity index (χ2v) is 9.02. The Morgan fingerprint density at radius 3 is 2.37 bits per heavy atom. The molecule has 1 aromatic heterocycles. The number of nitrogens with zero attached hydrogens (tertiary/aromatic N) is 2. The normalized spacial score (nSPS) is 17.6. The van der Waals surface area contributed by atoms with Gasteiger partial charge in [0.05, 0.1) is 22.5 Å². The summed E-state index contributed by atoms with van der Waals surface area (Å²) >= 11 is 3.31. The molecule has 3 atom stereocenters. The maximum absolute atomic E-state index is 12.9. The zero-order valence-electron chi connectivity index (χ0n) is 18.6. The second-order valence-electron chi connectivity index (χ2n) is 8.11. The molecule has 1 aliphatic heterocycles. The van der Waals surface area contributed by atoms with Gasteiger partial charge in [-0.2, -0.15) is 0 Å². The number of rotatable bonds is 9. The molecule has 35 heavy (non-hydrogen) atoms. The number of ketones is 1. The summed E-state index contributed by atoms with van der Waals surface area (Å²) < 4.78 is 6.09. The lowest BCUT2D eigenvalue weighted by Crippen LogP contribution is -2.60. The van der Waals surface area contributed by atoms with Gasteiger partial charge in [-0.3, -0.25) is 9.59 Å². The molecule has 1 amide bonds. The Hall–Kier alpha value is -3.63. The Morgan fingerprint density at radius 2 is 1.77 bits per heavy atom. The first-order valence-corrected chi connectivity index (χ1v) is 11.7. The molecular formula is C25H23BrN4O5. The molecule has 0 spiro atoms. The van der Waals surface area contributed by atoms with E-state index in [1.165, 1.54) is 0 Å². The van der Waals surface area contributed by atoms with Gasteiger partial charge in [-0.25, -0.2) is 14.8 Å². The quantitative estimate of drug-likeness (QED) is 0.377. The van der Waals surface area contributed by atoms with Crippen LogP contribution >= 0.6 is 15.9 Å². The van der Waals surface area contributed by atoms with Crippen LogP contribution in [0.25, 0.3) is 11.4 Å². The van der Waals surface area contributed by atoms with Gasteiger partial charge in [-0.15, -0.1) is 0 Å². The largest absolute Gasteiger partial charge is 0.481 e. The van der Waals surface area contributed by atoms with E-state index in [0.29, 0.717) is 11.4 Å². The molecule has 180 valence electrons. The van der Waals surface area contributed by atoms with Gasteiger partial charge in [-0.05, 0) is 27.1 Å². The number of aliphatic carboxylic acids is 1. The number of Topliss-reactive ketones (excluding diaryl/α,β-unsaturated/α-hetero) is 1. The van der Waals surface area contributed by atoms with E-state index in [-0.39, 0.29) is 25.4 Å². The minimum atomic E-state index is -1.02. The number of carboxylic acid groups (broad SMARTS) is 1. The lowest BCUT2D eigenvalue weighted by Gasteiger charge is -2.34. The maximum atomic E-state index is 12.9. The van der Waals surface area contributed by atoms with E-state index in [1.54, 1.807) is 36.7 Å². The molecular weight excluding hydrogens is 516 g/mol. The van der Waals surface area contributed by atoms with Crippen LogP contribution in [-0.4, -0.2) is 45.5 Å². The number of carbonyl (C=O) groups excluding carboxylic acids is 2. The van der Waals surface area contributed by atoms with Crippen LogP contribution in [0.5, 0.6) is 0 Å². The summed E-state index contributed by atoms with van der Waals surface area (Å²) in [5, 5.41) is 14.9. The van der Waals surface area contributed by atoms with E-state index < -0.39 is 30.1 Å². The Morgan fingerprint density at radius 1 is 1.09 bits per heavy atom. The van der Waals surface area contributed by atoms with Crippen LogP contribution in [0.15, 0.2) is 71.5 Å². The number of aromatic nitrogens is 2. The summed E-state index contributed by atoms with van der Waals surface area (Å²) in [4.78, 5) is 45.3. The molecule has 1 saturated heterocycles. The van der Waals surface area contributed by atoms with Crippen molar-refractivity contribution < 1.29 is 24.2 Å². The summed E-state index contributed by atoms with van der Waals surface area (Å²) in [6, 6.07) is 14.9. The van der Waals surface area contributed by atoms with E-state index in [9.17, 15) is 19.5 Å². The number of alkyl carbamates (subject to hydrolysis) is 1. The average Bonchev–Trinajstić information content (AvgIpc) is 2.82. The maximum Gasteiger partial charge on any atom is 0.407 e. The average molecular weight is 539 g/mol. The van der Waals surface area contributed by atoms with E-state index in [4.69, 9.17) is 4.74 Å². The fourth-order valence-electron chi connectivity index (χ4n) is 3.73. The smallest absolute Gasteiger partial charge is 0.407 e. The molecule has 1 aliphatic rings. The van der Waals surface area contributed by atoms with Crippen LogP contribution in [0.4, 0.5) is 4.79 Å². The highest BCUT2D eigenvalue weighted by Gasteiger charge is 2.41. The van der Waals surface area contributed by atoms with Crippen LogP contribution in [0, 0.1) is 5.92 Å². The number of hydrogen-bond donors (Lipinski definition) is 3. The summed E-state index contributed by atoms with van der Waals surface area (Å²) in [5.41, 5.74) is 2.27. The Balaban J connectivity index is 1.48. The first kappa shape index (κ1) is 24.5. The van der Waals surface area contributed by atoms with Gasteiger partial charge < -0.3 is 20.5 Å². The Kier molecular flexibility index (Phi) is 7.84. The van der Waals surface area contributed by atoms with Crippen molar-refractivity contribution in [1.82, 2.24) is 20.6 Å². The zero-order valence-corrected chi connectivity index (χ0v) is 20.1.